The van der Waals surface area contributed by atoms with E-state index in [0.29, 0.717) is 35.4 Å². The highest BCUT2D eigenvalue weighted by molar-refractivity contribution is 5.98. The van der Waals surface area contributed by atoms with E-state index >= 15 is 0 Å². The number of rotatable bonds is 7. The molecule has 0 spiro atoms. The third-order valence-corrected chi connectivity index (χ3v) is 3.58. The molecule has 26 heavy (non-hydrogen) atoms. The Kier molecular flexibility index (Phi) is 7.08. The number of hydrogen-bond donors (Lipinski definition) is 2. The molecule has 0 aromatic heterocycles. The minimum Gasteiger partial charge on any atom is -0.493 e. The fraction of sp³-hybridized carbons (Fsp3) is 0.368. The monoisotopic (exact) mass is 360 g/mol. The van der Waals surface area contributed by atoms with Crippen molar-refractivity contribution in [1.82, 2.24) is 10.6 Å². The highest BCUT2D eigenvalue weighted by Crippen LogP contribution is 2.41. The number of carbonyl (C=O) groups excluding carboxylic acids is 2. The molecule has 2 aromatic carbocycles. The molecule has 0 radical (unpaired) electrons. The zero-order chi connectivity index (χ0) is 18.9. The number of methoxy groups -OCH3 is 1. The zero-order valence-electron chi connectivity index (χ0n) is 15.3. The maximum absolute atomic E-state index is 12.0. The Balaban J connectivity index is 2.40. The summed E-state index contributed by atoms with van der Waals surface area (Å²) in [5.74, 6) is 0.902. The lowest BCUT2D eigenvalue weighted by Crippen LogP contribution is -2.28. The van der Waals surface area contributed by atoms with Crippen molar-refractivity contribution in [3.05, 3.63) is 30.3 Å². The first kappa shape index (κ1) is 19.4. The maximum atomic E-state index is 12.0. The third kappa shape index (κ3) is 4.78. The van der Waals surface area contributed by atoms with Crippen LogP contribution >= 0.6 is 0 Å². The third-order valence-electron chi connectivity index (χ3n) is 3.58. The Bertz CT molecular complexity index is 776. The summed E-state index contributed by atoms with van der Waals surface area (Å²) in [5.41, 5.74) is 0. The standard InChI is InChI=1S/C19H24N2O5/c1-4-10-20-18(22)25-15-12-16(24-3)17(26-19(23)21-11-5-2)14-9-7-6-8-13(14)15/h6-9,12H,4-5,10-11H2,1-3H3,(H,20,22)(H,21,23). The highest BCUT2D eigenvalue weighted by atomic mass is 16.6. The van der Waals surface area contributed by atoms with Crippen LogP contribution < -0.4 is 24.8 Å². The minimum absolute atomic E-state index is 0.276. The number of nitrogens with one attached hydrogen (secondary N) is 2. The lowest BCUT2D eigenvalue weighted by Gasteiger charge is -2.16. The smallest absolute Gasteiger partial charge is 0.412 e. The van der Waals surface area contributed by atoms with Crippen LogP contribution in [0.2, 0.25) is 0 Å². The summed E-state index contributed by atoms with van der Waals surface area (Å²) in [7, 11) is 1.46. The molecule has 0 saturated carbocycles. The van der Waals surface area contributed by atoms with Crippen molar-refractivity contribution in [2.24, 2.45) is 0 Å². The van der Waals surface area contributed by atoms with Crippen LogP contribution in [0.5, 0.6) is 17.2 Å². The number of hydrogen-bond acceptors (Lipinski definition) is 5. The molecule has 0 unspecified atom stereocenters. The first-order valence-corrected chi connectivity index (χ1v) is 8.61. The maximum Gasteiger partial charge on any atom is 0.412 e. The van der Waals surface area contributed by atoms with Gasteiger partial charge in [0.2, 0.25) is 0 Å². The molecule has 7 heteroatoms. The molecule has 7 nitrogen and oxygen atoms in total. The van der Waals surface area contributed by atoms with Gasteiger partial charge in [0, 0.05) is 29.9 Å². The molecule has 0 fully saturated rings. The van der Waals surface area contributed by atoms with E-state index in [4.69, 9.17) is 14.2 Å². The van der Waals surface area contributed by atoms with Gasteiger partial charge in [0.15, 0.2) is 11.5 Å². The predicted octanol–water partition coefficient (Wildman–Crippen LogP) is 3.85. The Morgan fingerprint density at radius 2 is 1.46 bits per heavy atom. The van der Waals surface area contributed by atoms with Gasteiger partial charge in [-0.2, -0.15) is 0 Å². The Hall–Kier alpha value is -2.96. The molecule has 140 valence electrons. The van der Waals surface area contributed by atoms with E-state index in [1.54, 1.807) is 18.2 Å². The van der Waals surface area contributed by atoms with Crippen molar-refractivity contribution in [3.8, 4) is 17.2 Å². The van der Waals surface area contributed by atoms with Crippen LogP contribution in [-0.2, 0) is 0 Å². The molecule has 2 amide bonds. The van der Waals surface area contributed by atoms with Crippen LogP contribution in [-0.4, -0.2) is 32.4 Å². The van der Waals surface area contributed by atoms with Crippen LogP contribution in [0.15, 0.2) is 30.3 Å². The van der Waals surface area contributed by atoms with E-state index in [0.717, 1.165) is 12.8 Å². The van der Waals surface area contributed by atoms with E-state index in [9.17, 15) is 9.59 Å². The second kappa shape index (κ2) is 9.50. The molecule has 2 aromatic rings. The molecule has 0 heterocycles. The van der Waals surface area contributed by atoms with Crippen LogP contribution in [0, 0.1) is 0 Å². The summed E-state index contributed by atoms with van der Waals surface area (Å²) in [6.45, 7) is 4.94. The molecular formula is C19H24N2O5. The zero-order valence-corrected chi connectivity index (χ0v) is 15.3. The van der Waals surface area contributed by atoms with Crippen molar-refractivity contribution >= 4 is 23.0 Å². The number of ether oxygens (including phenoxy) is 3. The van der Waals surface area contributed by atoms with E-state index < -0.39 is 12.2 Å². The molecule has 0 aliphatic heterocycles. The molecule has 0 aliphatic rings. The fourth-order valence-corrected chi connectivity index (χ4v) is 2.35. The van der Waals surface area contributed by atoms with Crippen molar-refractivity contribution in [1.29, 1.82) is 0 Å². The van der Waals surface area contributed by atoms with E-state index in [1.807, 2.05) is 19.9 Å². The molecular weight excluding hydrogens is 336 g/mol. The summed E-state index contributed by atoms with van der Waals surface area (Å²) in [6, 6.07) is 8.72. The second-order valence-electron chi connectivity index (χ2n) is 5.58. The highest BCUT2D eigenvalue weighted by Gasteiger charge is 2.19. The Morgan fingerprint density at radius 3 is 2.04 bits per heavy atom. The largest absolute Gasteiger partial charge is 0.493 e. The summed E-state index contributed by atoms with van der Waals surface area (Å²) in [6.07, 6.45) is 0.490. The number of amides is 2. The Morgan fingerprint density at radius 1 is 0.885 bits per heavy atom. The van der Waals surface area contributed by atoms with Crippen LogP contribution in [0.1, 0.15) is 26.7 Å². The first-order chi connectivity index (χ1) is 12.6. The molecule has 2 rings (SSSR count). The average molecular weight is 360 g/mol. The quantitative estimate of drug-likeness (QED) is 0.783. The minimum atomic E-state index is -0.565. The predicted molar refractivity (Wildman–Crippen MR) is 99.1 cm³/mol. The number of fused-ring (bicyclic) bond motifs is 1. The van der Waals surface area contributed by atoms with Crippen LogP contribution in [0.3, 0.4) is 0 Å². The van der Waals surface area contributed by atoms with Gasteiger partial charge in [-0.3, -0.25) is 0 Å². The second-order valence-corrected chi connectivity index (χ2v) is 5.58. The fourth-order valence-electron chi connectivity index (χ4n) is 2.35. The van der Waals surface area contributed by atoms with Crippen molar-refractivity contribution < 1.29 is 23.8 Å². The van der Waals surface area contributed by atoms with Gasteiger partial charge in [-0.25, -0.2) is 9.59 Å². The van der Waals surface area contributed by atoms with E-state index in [2.05, 4.69) is 10.6 Å². The van der Waals surface area contributed by atoms with E-state index in [-0.39, 0.29) is 5.75 Å². The van der Waals surface area contributed by atoms with Gasteiger partial charge in [-0.1, -0.05) is 38.1 Å². The molecule has 0 saturated heterocycles. The lowest BCUT2D eigenvalue weighted by molar-refractivity contribution is 0.197. The summed E-state index contributed by atoms with van der Waals surface area (Å²) < 4.78 is 16.2. The molecule has 2 N–H and O–H groups in total. The topological polar surface area (TPSA) is 85.9 Å². The number of benzene rings is 2. The van der Waals surface area contributed by atoms with Gasteiger partial charge in [0.1, 0.15) is 5.75 Å². The van der Waals surface area contributed by atoms with Crippen molar-refractivity contribution in [2.75, 3.05) is 20.2 Å². The number of carbonyl (C=O) groups is 2. The van der Waals surface area contributed by atoms with Crippen LogP contribution in [0.25, 0.3) is 10.8 Å². The lowest BCUT2D eigenvalue weighted by atomic mass is 10.1. The van der Waals surface area contributed by atoms with Gasteiger partial charge >= 0.3 is 12.2 Å². The summed E-state index contributed by atoms with van der Waals surface area (Å²) >= 11 is 0. The summed E-state index contributed by atoms with van der Waals surface area (Å²) in [5, 5.41) is 6.56. The van der Waals surface area contributed by atoms with Gasteiger partial charge in [0.25, 0.3) is 0 Å². The van der Waals surface area contributed by atoms with Gasteiger partial charge in [-0.05, 0) is 12.8 Å². The van der Waals surface area contributed by atoms with Gasteiger partial charge in [0.05, 0.1) is 7.11 Å². The summed E-state index contributed by atoms with van der Waals surface area (Å²) in [4.78, 5) is 23.9. The van der Waals surface area contributed by atoms with Gasteiger partial charge in [-0.15, -0.1) is 0 Å². The first-order valence-electron chi connectivity index (χ1n) is 8.61. The SMILES string of the molecule is CCCNC(=O)Oc1cc(OC)c(OC(=O)NCCC)c2ccccc12. The molecule has 0 aliphatic carbocycles. The van der Waals surface area contributed by atoms with Crippen molar-refractivity contribution in [2.45, 2.75) is 26.7 Å². The van der Waals surface area contributed by atoms with Gasteiger partial charge < -0.3 is 24.8 Å². The van der Waals surface area contributed by atoms with E-state index in [1.165, 1.54) is 13.2 Å². The Labute approximate surface area is 152 Å². The molecule has 0 bridgehead atoms. The normalized spacial score (nSPS) is 10.3. The van der Waals surface area contributed by atoms with Crippen LogP contribution in [0.4, 0.5) is 9.59 Å². The van der Waals surface area contributed by atoms with Crippen molar-refractivity contribution in [3.63, 3.8) is 0 Å². The molecule has 0 atom stereocenters. The average Bonchev–Trinajstić information content (AvgIpc) is 2.66.